The molecule has 16 heteroatoms. The van der Waals surface area contributed by atoms with Crippen molar-refractivity contribution in [1.29, 1.82) is 0 Å². The van der Waals surface area contributed by atoms with E-state index < -0.39 is 59.4 Å². The van der Waals surface area contributed by atoms with Crippen LogP contribution in [0, 0.1) is 17.3 Å². The fourth-order valence-corrected chi connectivity index (χ4v) is 10.5. The summed E-state index contributed by atoms with van der Waals surface area (Å²) in [5.41, 5.74) is 9.52. The summed E-state index contributed by atoms with van der Waals surface area (Å²) in [6.45, 7) is 13.5. The van der Waals surface area contributed by atoms with Gasteiger partial charge in [0.15, 0.2) is 0 Å². The molecule has 4 amide bonds. The number of carbonyl (C=O) groups is 5. The predicted molar refractivity (Wildman–Crippen MR) is 247 cm³/mol. The molecule has 3 N–H and O–H groups in total. The van der Waals surface area contributed by atoms with Crippen molar-refractivity contribution in [3.05, 3.63) is 71.5 Å². The van der Waals surface area contributed by atoms with Gasteiger partial charge in [0.25, 0.3) is 5.91 Å². The molecule has 8 rings (SSSR count). The maximum absolute atomic E-state index is 14.7. The highest BCUT2D eigenvalue weighted by molar-refractivity contribution is 5.96. The number of hydrazine groups is 1. The molecule has 6 heterocycles. The molecule has 4 aromatic rings. The van der Waals surface area contributed by atoms with E-state index in [-0.39, 0.29) is 49.9 Å². The number of esters is 1. The quantitative estimate of drug-likeness (QED) is 0.173. The zero-order chi connectivity index (χ0) is 47.2. The van der Waals surface area contributed by atoms with Gasteiger partial charge in [0.1, 0.15) is 30.5 Å². The van der Waals surface area contributed by atoms with Crippen LogP contribution in [0.3, 0.4) is 0 Å². The van der Waals surface area contributed by atoms with Crippen molar-refractivity contribution >= 4 is 40.7 Å². The lowest BCUT2D eigenvalue weighted by Gasteiger charge is -2.37. The third-order valence-corrected chi connectivity index (χ3v) is 13.8. The summed E-state index contributed by atoms with van der Waals surface area (Å²) in [6, 6.07) is 12.1. The Labute approximate surface area is 385 Å². The lowest BCUT2D eigenvalue weighted by atomic mass is 9.84. The minimum Gasteiger partial charge on any atom is -0.508 e. The average molecular weight is 906 g/mol. The molecule has 0 unspecified atom stereocenters. The Morgan fingerprint density at radius 2 is 1.83 bits per heavy atom. The van der Waals surface area contributed by atoms with Gasteiger partial charge in [-0.1, -0.05) is 39.8 Å². The number of fused-ring (bicyclic) bond motifs is 7. The van der Waals surface area contributed by atoms with Gasteiger partial charge in [-0.25, -0.2) is 10.2 Å². The fourth-order valence-electron chi connectivity index (χ4n) is 10.5. The third kappa shape index (κ3) is 8.96. The van der Waals surface area contributed by atoms with E-state index in [1.54, 1.807) is 37.4 Å². The first-order chi connectivity index (χ1) is 31.5. The Kier molecular flexibility index (Phi) is 13.2. The number of hydrogen-bond acceptors (Lipinski definition) is 11. The van der Waals surface area contributed by atoms with Gasteiger partial charge in [0.2, 0.25) is 11.8 Å². The maximum Gasteiger partial charge on any atom is 0.410 e. The number of aryl methyl sites for hydroxylation is 1. The highest BCUT2D eigenvalue weighted by atomic mass is 16.6. The molecular formula is C50H63N7O9. The number of rotatable bonds is 9. The van der Waals surface area contributed by atoms with Gasteiger partial charge in [-0.3, -0.25) is 29.2 Å². The normalized spacial score (nSPS) is 23.0. The monoisotopic (exact) mass is 905 g/mol. The lowest BCUT2D eigenvalue weighted by Crippen LogP contribution is -2.62. The summed E-state index contributed by atoms with van der Waals surface area (Å²) in [5, 5.41) is 16.7. The third-order valence-electron chi connectivity index (χ3n) is 13.8. The Bertz CT molecular complexity index is 2540. The zero-order valence-corrected chi connectivity index (χ0v) is 39.3. The number of amides is 4. The average Bonchev–Trinajstić information content (AvgIpc) is 3.98. The molecular weight excluding hydrogens is 843 g/mol. The van der Waals surface area contributed by atoms with Crippen LogP contribution in [0.4, 0.5) is 4.79 Å². The molecule has 3 fully saturated rings. The van der Waals surface area contributed by atoms with Crippen LogP contribution in [0.25, 0.3) is 33.3 Å². The number of nitrogens with one attached hydrogen (secondary N) is 2. The van der Waals surface area contributed by atoms with Crippen molar-refractivity contribution in [2.75, 3.05) is 40.5 Å². The smallest absolute Gasteiger partial charge is 0.410 e. The molecule has 0 aliphatic carbocycles. The number of aromatic hydroxyl groups is 1. The van der Waals surface area contributed by atoms with E-state index in [0.29, 0.717) is 49.9 Å². The molecule has 352 valence electrons. The van der Waals surface area contributed by atoms with E-state index >= 15 is 0 Å². The van der Waals surface area contributed by atoms with Crippen LogP contribution in [0.1, 0.15) is 83.7 Å². The number of pyridine rings is 1. The zero-order valence-electron chi connectivity index (χ0n) is 39.3. The van der Waals surface area contributed by atoms with Gasteiger partial charge >= 0.3 is 12.1 Å². The molecule has 0 radical (unpaired) electrons. The van der Waals surface area contributed by atoms with E-state index in [1.807, 2.05) is 39.0 Å². The SMILES string of the molecule is CCn1c(-c2cccnc2[C@H](C)OC)c2c3cc(ccc31)-c1cc(O)cc(c1)C[C@H](NC(=O)[C@H](C(C)C)N(C)C(=O)[C@H]1CCN3C(=O)OC[C@@H]13)C(=O)N1CCC[C@H](N1)C(=O)OCC(C)(C)C2. The highest BCUT2D eigenvalue weighted by Crippen LogP contribution is 2.42. The number of methoxy groups -OCH3 is 1. The Morgan fingerprint density at radius 1 is 1.05 bits per heavy atom. The van der Waals surface area contributed by atoms with E-state index in [2.05, 4.69) is 54.3 Å². The second kappa shape index (κ2) is 18.7. The molecule has 4 aliphatic rings. The topological polar surface area (TPSA) is 185 Å². The van der Waals surface area contributed by atoms with Crippen LogP contribution < -0.4 is 10.7 Å². The van der Waals surface area contributed by atoms with Gasteiger partial charge in [-0.15, -0.1) is 0 Å². The number of aromatic nitrogens is 2. The molecule has 2 aromatic carbocycles. The van der Waals surface area contributed by atoms with Crippen LogP contribution in [0.5, 0.6) is 5.75 Å². The molecule has 0 saturated carbocycles. The summed E-state index contributed by atoms with van der Waals surface area (Å²) < 4.78 is 19.4. The minimum absolute atomic E-state index is 0.0134. The molecule has 3 saturated heterocycles. The van der Waals surface area contributed by atoms with E-state index in [1.165, 1.54) is 9.91 Å². The summed E-state index contributed by atoms with van der Waals surface area (Å²) >= 11 is 0. The number of carbonyl (C=O) groups excluding carboxylic acids is 5. The molecule has 6 atom stereocenters. The van der Waals surface area contributed by atoms with E-state index in [9.17, 15) is 29.1 Å². The number of phenolic OH excluding ortho intramolecular Hbond substituents is 1. The minimum atomic E-state index is -1.17. The molecule has 4 aliphatic heterocycles. The van der Waals surface area contributed by atoms with Gasteiger partial charge in [0.05, 0.1) is 36.1 Å². The second-order valence-corrected chi connectivity index (χ2v) is 19.4. The molecule has 6 bridgehead atoms. The summed E-state index contributed by atoms with van der Waals surface area (Å²) in [5.74, 6) is -2.68. The van der Waals surface area contributed by atoms with Crippen molar-refractivity contribution in [3.8, 4) is 28.1 Å². The number of hydrogen-bond donors (Lipinski definition) is 3. The van der Waals surface area contributed by atoms with Crippen molar-refractivity contribution in [2.24, 2.45) is 17.3 Å². The summed E-state index contributed by atoms with van der Waals surface area (Å²) in [7, 11) is 3.25. The standard InChI is InChI=1S/C50H63N7O9/c1-9-55-40-15-14-31-24-36(40)37(44(55)35-12-10-17-51-42(35)29(4)64-8)25-50(5,6)27-66-48(62)38-13-11-18-57(53-38)47(61)39(22-30-20-32(31)23-33(58)21-30)52-45(59)43(28(2)3)54(7)46(60)34-16-19-56-41(34)26-65-49(56)63/h10,12,14-15,17,20-21,23-24,28-29,34,38-39,41,43,53,58H,9,11,13,16,18-19,22,25-27H2,1-8H3,(H,52,59)/t29-,34-,38-,39-,41-,43-/m0/s1. The first-order valence-corrected chi connectivity index (χ1v) is 23.2. The molecule has 66 heavy (non-hydrogen) atoms. The van der Waals surface area contributed by atoms with E-state index in [0.717, 1.165) is 39.0 Å². The number of ether oxygens (including phenoxy) is 3. The lowest BCUT2D eigenvalue weighted by molar-refractivity contribution is -0.155. The summed E-state index contributed by atoms with van der Waals surface area (Å²) in [4.78, 5) is 77.3. The number of nitrogens with zero attached hydrogens (tertiary/aromatic N) is 5. The van der Waals surface area contributed by atoms with Gasteiger partial charge in [-0.05, 0) is 104 Å². The number of phenols is 1. The van der Waals surface area contributed by atoms with Crippen LogP contribution in [0.15, 0.2) is 54.7 Å². The number of benzene rings is 2. The van der Waals surface area contributed by atoms with Gasteiger partial charge in [0, 0.05) is 68.3 Å². The Balaban J connectivity index is 1.20. The van der Waals surface area contributed by atoms with Crippen molar-refractivity contribution in [2.45, 2.75) is 110 Å². The molecule has 16 nitrogen and oxygen atoms in total. The van der Waals surface area contributed by atoms with Gasteiger partial charge < -0.3 is 39.0 Å². The van der Waals surface area contributed by atoms with Crippen LogP contribution in [-0.2, 0) is 52.8 Å². The van der Waals surface area contributed by atoms with Crippen LogP contribution >= 0.6 is 0 Å². The fraction of sp³-hybridized carbons (Fsp3) is 0.520. The van der Waals surface area contributed by atoms with E-state index in [4.69, 9.17) is 19.2 Å². The van der Waals surface area contributed by atoms with Crippen molar-refractivity contribution in [1.82, 2.24) is 35.1 Å². The van der Waals surface area contributed by atoms with Gasteiger partial charge in [-0.2, -0.15) is 0 Å². The summed E-state index contributed by atoms with van der Waals surface area (Å²) in [6.07, 6.45) is 2.97. The predicted octanol–water partition coefficient (Wildman–Crippen LogP) is 5.78. The Morgan fingerprint density at radius 3 is 2.58 bits per heavy atom. The highest BCUT2D eigenvalue weighted by Gasteiger charge is 2.49. The largest absolute Gasteiger partial charge is 0.508 e. The number of cyclic esters (lactones) is 2. The Hall–Kier alpha value is -6.00. The van der Waals surface area contributed by atoms with Crippen molar-refractivity contribution < 1.29 is 43.3 Å². The second-order valence-electron chi connectivity index (χ2n) is 19.4. The first kappa shape index (κ1) is 46.5. The molecule has 2 aromatic heterocycles. The van der Waals surface area contributed by atoms with Crippen molar-refractivity contribution in [3.63, 3.8) is 0 Å². The number of likely N-dealkylation sites (N-methyl/N-ethyl adjacent to an activating group) is 1. The van der Waals surface area contributed by atoms with Crippen LogP contribution in [-0.4, -0.2) is 124 Å². The maximum atomic E-state index is 14.7. The molecule has 0 spiro atoms. The first-order valence-electron chi connectivity index (χ1n) is 23.2. The van der Waals surface area contributed by atoms with Crippen LogP contribution in [0.2, 0.25) is 0 Å².